The molecule has 0 radical (unpaired) electrons. The van der Waals surface area contributed by atoms with E-state index < -0.39 is 5.97 Å². The predicted molar refractivity (Wildman–Crippen MR) is 67.0 cm³/mol. The van der Waals surface area contributed by atoms with Gasteiger partial charge in [0.25, 0.3) is 0 Å². The van der Waals surface area contributed by atoms with Crippen LogP contribution in [0.25, 0.3) is 0 Å². The Balaban J connectivity index is 3.06. The molecular weight excluding hydrogens is 234 g/mol. The largest absolute Gasteiger partial charge is 0.465 e. The lowest BCUT2D eigenvalue weighted by Crippen LogP contribution is -2.10. The number of methoxy groups -OCH3 is 1. The first kappa shape index (κ1) is 13.8. The van der Waals surface area contributed by atoms with Crippen LogP contribution in [0.4, 0.5) is 11.6 Å². The minimum Gasteiger partial charge on any atom is -0.465 e. The van der Waals surface area contributed by atoms with Gasteiger partial charge >= 0.3 is 5.97 Å². The fourth-order valence-corrected chi connectivity index (χ4v) is 1.47. The molecule has 1 aromatic rings. The second kappa shape index (κ2) is 6.49. The van der Waals surface area contributed by atoms with Crippen LogP contribution in [0.2, 0.25) is 0 Å². The molecule has 0 saturated heterocycles. The summed E-state index contributed by atoms with van der Waals surface area (Å²) < 4.78 is 6.12. The van der Waals surface area contributed by atoms with E-state index in [4.69, 9.17) is 11.0 Å². The van der Waals surface area contributed by atoms with Gasteiger partial charge in [-0.05, 0) is 6.42 Å². The van der Waals surface area contributed by atoms with Crippen LogP contribution < -0.4 is 11.1 Å². The standard InChI is InChI=1S/C11H17N5O2/c1-3-6-14-10-8(11(17)18-2)9(13)16(15-10)7-4-5-12/h3-4,6-7,13H2,1-2H3,(H,14,15). The maximum atomic E-state index is 11.6. The van der Waals surface area contributed by atoms with Crippen molar-refractivity contribution in [3.63, 3.8) is 0 Å². The minimum absolute atomic E-state index is 0.218. The molecule has 98 valence electrons. The first-order valence-electron chi connectivity index (χ1n) is 5.71. The number of carbonyl (C=O) groups excluding carboxylic acids is 1. The number of nitrogen functional groups attached to an aromatic ring is 1. The number of nitriles is 1. The Morgan fingerprint density at radius 1 is 1.67 bits per heavy atom. The summed E-state index contributed by atoms with van der Waals surface area (Å²) in [5.74, 6) is 0.0872. The second-order valence-corrected chi connectivity index (χ2v) is 3.66. The summed E-state index contributed by atoms with van der Waals surface area (Å²) in [5.41, 5.74) is 6.07. The maximum absolute atomic E-state index is 11.6. The molecule has 0 bridgehead atoms. The molecule has 7 nitrogen and oxygen atoms in total. The number of nitrogens with one attached hydrogen (secondary N) is 1. The molecule has 0 spiro atoms. The molecule has 0 aliphatic heterocycles. The molecule has 0 aromatic carbocycles. The highest BCUT2D eigenvalue weighted by Crippen LogP contribution is 2.22. The molecular formula is C11H17N5O2. The Morgan fingerprint density at radius 2 is 2.39 bits per heavy atom. The molecule has 7 heteroatoms. The number of hydrogen-bond acceptors (Lipinski definition) is 6. The highest BCUT2D eigenvalue weighted by Gasteiger charge is 2.22. The summed E-state index contributed by atoms with van der Waals surface area (Å²) in [5, 5.41) is 15.8. The van der Waals surface area contributed by atoms with Crippen LogP contribution in [0.5, 0.6) is 0 Å². The number of rotatable bonds is 6. The smallest absolute Gasteiger partial charge is 0.345 e. The lowest BCUT2D eigenvalue weighted by atomic mass is 10.3. The molecule has 3 N–H and O–H groups in total. The summed E-state index contributed by atoms with van der Waals surface area (Å²) in [7, 11) is 1.29. The van der Waals surface area contributed by atoms with Crippen LogP contribution in [0.15, 0.2) is 0 Å². The highest BCUT2D eigenvalue weighted by atomic mass is 16.5. The van der Waals surface area contributed by atoms with Crippen LogP contribution in [-0.2, 0) is 11.3 Å². The fourth-order valence-electron chi connectivity index (χ4n) is 1.47. The van der Waals surface area contributed by atoms with Crippen molar-refractivity contribution in [2.75, 3.05) is 24.7 Å². The van der Waals surface area contributed by atoms with E-state index in [1.54, 1.807) is 0 Å². The number of hydrogen-bond donors (Lipinski definition) is 2. The topological polar surface area (TPSA) is 106 Å². The number of nitrogens with zero attached hydrogens (tertiary/aromatic N) is 3. The van der Waals surface area contributed by atoms with E-state index >= 15 is 0 Å². The average Bonchev–Trinajstić information content (AvgIpc) is 2.69. The van der Waals surface area contributed by atoms with Gasteiger partial charge < -0.3 is 15.8 Å². The van der Waals surface area contributed by atoms with E-state index in [9.17, 15) is 4.79 Å². The Labute approximate surface area is 106 Å². The Morgan fingerprint density at radius 3 is 2.94 bits per heavy atom. The number of aryl methyl sites for hydroxylation is 1. The van der Waals surface area contributed by atoms with E-state index in [1.807, 2.05) is 13.0 Å². The van der Waals surface area contributed by atoms with E-state index in [1.165, 1.54) is 11.8 Å². The number of nitrogens with two attached hydrogens (primary N) is 1. The zero-order chi connectivity index (χ0) is 13.5. The van der Waals surface area contributed by atoms with Crippen molar-refractivity contribution in [1.82, 2.24) is 9.78 Å². The van der Waals surface area contributed by atoms with Crippen molar-refractivity contribution in [3.8, 4) is 6.07 Å². The van der Waals surface area contributed by atoms with Crippen LogP contribution in [0, 0.1) is 11.3 Å². The first-order chi connectivity index (χ1) is 8.65. The van der Waals surface area contributed by atoms with Gasteiger partial charge in [0.15, 0.2) is 5.82 Å². The molecule has 0 saturated carbocycles. The van der Waals surface area contributed by atoms with Crippen molar-refractivity contribution < 1.29 is 9.53 Å². The zero-order valence-electron chi connectivity index (χ0n) is 10.6. The van der Waals surface area contributed by atoms with Crippen molar-refractivity contribution in [2.24, 2.45) is 0 Å². The Kier molecular flexibility index (Phi) is 4.99. The second-order valence-electron chi connectivity index (χ2n) is 3.66. The molecule has 1 heterocycles. The van der Waals surface area contributed by atoms with Crippen molar-refractivity contribution in [1.29, 1.82) is 5.26 Å². The van der Waals surface area contributed by atoms with Gasteiger partial charge in [-0.1, -0.05) is 6.92 Å². The van der Waals surface area contributed by atoms with E-state index in [0.29, 0.717) is 18.9 Å². The third-order valence-corrected chi connectivity index (χ3v) is 2.36. The summed E-state index contributed by atoms with van der Waals surface area (Å²) in [4.78, 5) is 11.6. The highest BCUT2D eigenvalue weighted by molar-refractivity contribution is 5.99. The molecule has 0 amide bonds. The maximum Gasteiger partial charge on any atom is 0.345 e. The molecule has 0 aliphatic carbocycles. The SMILES string of the molecule is CCCNc1nn(CCC#N)c(N)c1C(=O)OC. The monoisotopic (exact) mass is 251 g/mol. The lowest BCUT2D eigenvalue weighted by Gasteiger charge is -2.03. The molecule has 0 fully saturated rings. The van der Waals surface area contributed by atoms with Gasteiger partial charge in [0.05, 0.1) is 26.1 Å². The van der Waals surface area contributed by atoms with Gasteiger partial charge in [0.2, 0.25) is 0 Å². The summed E-state index contributed by atoms with van der Waals surface area (Å²) in [6.07, 6.45) is 1.17. The van der Waals surface area contributed by atoms with Crippen molar-refractivity contribution in [3.05, 3.63) is 5.56 Å². The molecule has 0 aliphatic rings. The van der Waals surface area contributed by atoms with Crippen LogP contribution >= 0.6 is 0 Å². The quantitative estimate of drug-likeness (QED) is 0.730. The third kappa shape index (κ3) is 2.91. The minimum atomic E-state index is -0.533. The molecule has 0 atom stereocenters. The van der Waals surface area contributed by atoms with Gasteiger partial charge in [-0.2, -0.15) is 10.4 Å². The number of ether oxygens (including phenoxy) is 1. The van der Waals surface area contributed by atoms with Crippen LogP contribution in [0.3, 0.4) is 0 Å². The van der Waals surface area contributed by atoms with Gasteiger partial charge in [-0.25, -0.2) is 9.48 Å². The van der Waals surface area contributed by atoms with Crippen molar-refractivity contribution >= 4 is 17.6 Å². The Hall–Kier alpha value is -2.23. The summed E-state index contributed by atoms with van der Waals surface area (Å²) >= 11 is 0. The average molecular weight is 251 g/mol. The number of esters is 1. The van der Waals surface area contributed by atoms with Gasteiger partial charge in [-0.15, -0.1) is 0 Å². The molecule has 1 aromatic heterocycles. The third-order valence-electron chi connectivity index (χ3n) is 2.36. The first-order valence-corrected chi connectivity index (χ1v) is 5.71. The number of aromatic nitrogens is 2. The van der Waals surface area contributed by atoms with Crippen LogP contribution in [-0.4, -0.2) is 29.4 Å². The van der Waals surface area contributed by atoms with E-state index in [0.717, 1.165) is 6.42 Å². The molecule has 18 heavy (non-hydrogen) atoms. The molecule has 0 unspecified atom stereocenters. The zero-order valence-corrected chi connectivity index (χ0v) is 10.6. The lowest BCUT2D eigenvalue weighted by molar-refractivity contribution is 0.0603. The van der Waals surface area contributed by atoms with Gasteiger partial charge in [0, 0.05) is 6.54 Å². The number of carbonyl (C=O) groups is 1. The molecule has 1 rings (SSSR count). The fraction of sp³-hybridized carbons (Fsp3) is 0.545. The van der Waals surface area contributed by atoms with Gasteiger partial charge in [-0.3, -0.25) is 0 Å². The normalized spacial score (nSPS) is 9.83. The predicted octanol–water partition coefficient (Wildman–Crippen LogP) is 0.987. The van der Waals surface area contributed by atoms with E-state index in [2.05, 4.69) is 15.2 Å². The van der Waals surface area contributed by atoms with Crippen molar-refractivity contribution in [2.45, 2.75) is 26.3 Å². The number of anilines is 2. The van der Waals surface area contributed by atoms with E-state index in [-0.39, 0.29) is 17.8 Å². The van der Waals surface area contributed by atoms with Crippen LogP contribution in [0.1, 0.15) is 30.1 Å². The Bertz CT molecular complexity index is 461. The summed E-state index contributed by atoms with van der Waals surface area (Å²) in [6, 6.07) is 2.01. The summed E-state index contributed by atoms with van der Waals surface area (Å²) in [6.45, 7) is 3.03. The van der Waals surface area contributed by atoms with Gasteiger partial charge in [0.1, 0.15) is 11.4 Å².